The molecule has 0 aliphatic carbocycles. The van der Waals surface area contributed by atoms with Gasteiger partial charge in [0.05, 0.1) is 0 Å². The highest BCUT2D eigenvalue weighted by molar-refractivity contribution is 5.75. The molecule has 1 amide bonds. The quantitative estimate of drug-likeness (QED) is 0.556. The number of hydrogen-bond acceptors (Lipinski definition) is 3. The maximum atomic E-state index is 11.4. The third-order valence-corrected chi connectivity index (χ3v) is 2.62. The summed E-state index contributed by atoms with van der Waals surface area (Å²) in [6, 6.07) is 0. The maximum absolute atomic E-state index is 11.4. The van der Waals surface area contributed by atoms with Gasteiger partial charge in [-0.3, -0.25) is 4.79 Å². The molecular weight excluding hydrogens is 204 g/mol. The lowest BCUT2D eigenvalue weighted by Gasteiger charge is -2.09. The van der Waals surface area contributed by atoms with Crippen LogP contribution in [0.15, 0.2) is 0 Å². The highest BCUT2D eigenvalue weighted by Crippen LogP contribution is 2.08. The summed E-state index contributed by atoms with van der Waals surface area (Å²) in [6.07, 6.45) is 4.53. The first-order valence-corrected chi connectivity index (χ1v) is 6.16. The lowest BCUT2D eigenvalue weighted by molar-refractivity contribution is -0.121. The molecule has 1 atom stereocenters. The first kappa shape index (κ1) is 15.4. The Morgan fingerprint density at radius 1 is 1.38 bits per heavy atom. The van der Waals surface area contributed by atoms with Gasteiger partial charge in [-0.15, -0.1) is 0 Å². The third-order valence-electron chi connectivity index (χ3n) is 2.62. The standard InChI is InChI=1S/C12H26N2O2/c1-11(7-8-13)5-6-12(15)14-9-3-4-10-16-2/h11H,3-10,13H2,1-2H3,(H,14,15). The fourth-order valence-electron chi connectivity index (χ4n) is 1.49. The van der Waals surface area contributed by atoms with Gasteiger partial charge in [0.25, 0.3) is 0 Å². The van der Waals surface area contributed by atoms with Gasteiger partial charge in [-0.1, -0.05) is 6.92 Å². The minimum Gasteiger partial charge on any atom is -0.385 e. The van der Waals surface area contributed by atoms with Crippen LogP contribution in [0.25, 0.3) is 0 Å². The molecule has 0 saturated heterocycles. The average Bonchev–Trinajstić information content (AvgIpc) is 2.26. The number of unbranched alkanes of at least 4 members (excludes halogenated alkanes) is 1. The fourth-order valence-corrected chi connectivity index (χ4v) is 1.49. The van der Waals surface area contributed by atoms with Crippen LogP contribution in [-0.2, 0) is 9.53 Å². The first-order valence-electron chi connectivity index (χ1n) is 6.16. The predicted octanol–water partition coefficient (Wildman–Crippen LogP) is 1.29. The van der Waals surface area contributed by atoms with Crippen molar-refractivity contribution in [1.82, 2.24) is 5.32 Å². The second kappa shape index (κ2) is 10.9. The monoisotopic (exact) mass is 230 g/mol. The van der Waals surface area contributed by atoms with E-state index < -0.39 is 0 Å². The Morgan fingerprint density at radius 3 is 2.75 bits per heavy atom. The van der Waals surface area contributed by atoms with Crippen LogP contribution in [-0.4, -0.2) is 32.7 Å². The summed E-state index contributed by atoms with van der Waals surface area (Å²) in [7, 11) is 1.69. The van der Waals surface area contributed by atoms with Crippen molar-refractivity contribution in [3.05, 3.63) is 0 Å². The SMILES string of the molecule is COCCCCNC(=O)CCC(C)CCN. The van der Waals surface area contributed by atoms with Crippen molar-refractivity contribution in [3.63, 3.8) is 0 Å². The van der Waals surface area contributed by atoms with E-state index in [0.717, 1.165) is 38.8 Å². The zero-order valence-corrected chi connectivity index (χ0v) is 10.6. The molecule has 0 radical (unpaired) electrons. The molecule has 4 heteroatoms. The van der Waals surface area contributed by atoms with Crippen LogP contribution < -0.4 is 11.1 Å². The summed E-state index contributed by atoms with van der Waals surface area (Å²) < 4.78 is 4.93. The van der Waals surface area contributed by atoms with Crippen LogP contribution in [0, 0.1) is 5.92 Å². The van der Waals surface area contributed by atoms with Crippen LogP contribution in [0.4, 0.5) is 0 Å². The predicted molar refractivity (Wildman–Crippen MR) is 66.2 cm³/mol. The number of carbonyl (C=O) groups excluding carboxylic acids is 1. The van der Waals surface area contributed by atoms with E-state index in [-0.39, 0.29) is 5.91 Å². The minimum atomic E-state index is 0.154. The number of rotatable bonds is 10. The van der Waals surface area contributed by atoms with E-state index in [9.17, 15) is 4.79 Å². The van der Waals surface area contributed by atoms with Gasteiger partial charge < -0.3 is 15.8 Å². The van der Waals surface area contributed by atoms with Crippen molar-refractivity contribution in [2.75, 3.05) is 26.8 Å². The number of methoxy groups -OCH3 is 1. The van der Waals surface area contributed by atoms with Gasteiger partial charge in [0.1, 0.15) is 0 Å². The first-order chi connectivity index (χ1) is 7.70. The number of nitrogens with one attached hydrogen (secondary N) is 1. The van der Waals surface area contributed by atoms with Crippen molar-refractivity contribution in [2.45, 2.75) is 39.0 Å². The van der Waals surface area contributed by atoms with Gasteiger partial charge in [-0.05, 0) is 38.1 Å². The summed E-state index contributed by atoms with van der Waals surface area (Å²) in [5.74, 6) is 0.700. The van der Waals surface area contributed by atoms with Gasteiger partial charge in [-0.25, -0.2) is 0 Å². The lowest BCUT2D eigenvalue weighted by Crippen LogP contribution is -2.25. The molecule has 3 N–H and O–H groups in total. The number of hydrogen-bond donors (Lipinski definition) is 2. The summed E-state index contributed by atoms with van der Waals surface area (Å²) in [5, 5.41) is 2.91. The molecule has 0 aromatic carbocycles. The molecule has 0 saturated carbocycles. The van der Waals surface area contributed by atoms with Gasteiger partial charge in [-0.2, -0.15) is 0 Å². The van der Waals surface area contributed by atoms with Crippen molar-refractivity contribution >= 4 is 5.91 Å². The Bertz CT molecular complexity index is 174. The Kier molecular flexibility index (Phi) is 10.5. The highest BCUT2D eigenvalue weighted by atomic mass is 16.5. The maximum Gasteiger partial charge on any atom is 0.220 e. The van der Waals surface area contributed by atoms with Gasteiger partial charge in [0, 0.05) is 26.7 Å². The molecular formula is C12H26N2O2. The van der Waals surface area contributed by atoms with Crippen LogP contribution in [0.5, 0.6) is 0 Å². The molecule has 0 aromatic rings. The van der Waals surface area contributed by atoms with Crippen LogP contribution in [0.3, 0.4) is 0 Å². The molecule has 0 aliphatic rings. The molecule has 0 aromatic heterocycles. The van der Waals surface area contributed by atoms with Gasteiger partial charge >= 0.3 is 0 Å². The molecule has 96 valence electrons. The summed E-state index contributed by atoms with van der Waals surface area (Å²) in [6.45, 7) is 4.37. The molecule has 1 unspecified atom stereocenters. The summed E-state index contributed by atoms with van der Waals surface area (Å²) in [5.41, 5.74) is 5.45. The topological polar surface area (TPSA) is 64.3 Å². The fraction of sp³-hybridized carbons (Fsp3) is 0.917. The largest absolute Gasteiger partial charge is 0.385 e. The van der Waals surface area contributed by atoms with Crippen LogP contribution >= 0.6 is 0 Å². The molecule has 16 heavy (non-hydrogen) atoms. The lowest BCUT2D eigenvalue weighted by atomic mass is 10.0. The van der Waals surface area contributed by atoms with E-state index in [4.69, 9.17) is 10.5 Å². The molecule has 0 spiro atoms. The molecule has 0 fully saturated rings. The van der Waals surface area contributed by atoms with Crippen molar-refractivity contribution < 1.29 is 9.53 Å². The molecule has 0 heterocycles. The van der Waals surface area contributed by atoms with Crippen molar-refractivity contribution in [1.29, 1.82) is 0 Å². The van der Waals surface area contributed by atoms with Crippen LogP contribution in [0.1, 0.15) is 39.0 Å². The van der Waals surface area contributed by atoms with Gasteiger partial charge in [0.2, 0.25) is 5.91 Å². The Labute approximate surface area is 98.9 Å². The molecule has 0 rings (SSSR count). The summed E-state index contributed by atoms with van der Waals surface area (Å²) >= 11 is 0. The minimum absolute atomic E-state index is 0.154. The van der Waals surface area contributed by atoms with E-state index in [2.05, 4.69) is 12.2 Å². The Balaban J connectivity index is 3.30. The van der Waals surface area contributed by atoms with E-state index in [1.807, 2.05) is 0 Å². The zero-order valence-electron chi connectivity index (χ0n) is 10.6. The van der Waals surface area contributed by atoms with Crippen molar-refractivity contribution in [3.8, 4) is 0 Å². The number of amides is 1. The van der Waals surface area contributed by atoms with E-state index in [0.29, 0.717) is 18.9 Å². The number of nitrogens with two attached hydrogens (primary N) is 1. The third kappa shape index (κ3) is 9.93. The smallest absolute Gasteiger partial charge is 0.220 e. The zero-order chi connectivity index (χ0) is 12.2. The Morgan fingerprint density at radius 2 is 2.12 bits per heavy atom. The second-order valence-corrected chi connectivity index (χ2v) is 4.27. The van der Waals surface area contributed by atoms with Crippen molar-refractivity contribution in [2.24, 2.45) is 11.7 Å². The second-order valence-electron chi connectivity index (χ2n) is 4.27. The number of carbonyl (C=O) groups is 1. The summed E-state index contributed by atoms with van der Waals surface area (Å²) in [4.78, 5) is 11.4. The van der Waals surface area contributed by atoms with Gasteiger partial charge in [0.15, 0.2) is 0 Å². The average molecular weight is 230 g/mol. The van der Waals surface area contributed by atoms with E-state index in [1.165, 1.54) is 0 Å². The highest BCUT2D eigenvalue weighted by Gasteiger charge is 2.05. The molecule has 0 aliphatic heterocycles. The Hall–Kier alpha value is -0.610. The molecule has 0 bridgehead atoms. The molecule has 4 nitrogen and oxygen atoms in total. The number of ether oxygens (including phenoxy) is 1. The van der Waals surface area contributed by atoms with Crippen LogP contribution in [0.2, 0.25) is 0 Å². The van der Waals surface area contributed by atoms with E-state index in [1.54, 1.807) is 7.11 Å². The normalized spacial score (nSPS) is 12.4. The van der Waals surface area contributed by atoms with E-state index >= 15 is 0 Å².